The highest BCUT2D eigenvalue weighted by molar-refractivity contribution is 5.69. The Morgan fingerprint density at radius 3 is 2.43 bits per heavy atom. The Hall–Kier alpha value is -2.56. The standard InChI is InChI=1S/C16H19N5/c1-16(2,3)20-11-18-14(15(20)17)12-9-19-21(10-12)13-7-5-4-6-8-13/h4-11H,17H2,1-3H3. The first-order chi connectivity index (χ1) is 9.97. The van der Waals surface area contributed by atoms with Crippen molar-refractivity contribution >= 4 is 5.82 Å². The van der Waals surface area contributed by atoms with Gasteiger partial charge in [0.05, 0.1) is 18.2 Å². The molecule has 0 saturated carbocycles. The number of nitrogens with zero attached hydrogens (tertiary/aromatic N) is 4. The van der Waals surface area contributed by atoms with Crippen LogP contribution in [0.4, 0.5) is 5.82 Å². The van der Waals surface area contributed by atoms with Crippen molar-refractivity contribution in [1.29, 1.82) is 0 Å². The molecule has 5 heteroatoms. The molecule has 5 nitrogen and oxygen atoms in total. The first-order valence-electron chi connectivity index (χ1n) is 6.90. The molecule has 1 aromatic carbocycles. The maximum absolute atomic E-state index is 6.23. The van der Waals surface area contributed by atoms with Gasteiger partial charge in [0.25, 0.3) is 0 Å². The fourth-order valence-electron chi connectivity index (χ4n) is 2.28. The van der Waals surface area contributed by atoms with Crippen LogP contribution in [-0.2, 0) is 5.54 Å². The predicted octanol–water partition coefficient (Wildman–Crippen LogP) is 3.07. The lowest BCUT2D eigenvalue weighted by atomic mass is 10.1. The highest BCUT2D eigenvalue weighted by Gasteiger charge is 2.20. The van der Waals surface area contributed by atoms with Crippen LogP contribution in [0.2, 0.25) is 0 Å². The van der Waals surface area contributed by atoms with Gasteiger partial charge in [0.15, 0.2) is 0 Å². The van der Waals surface area contributed by atoms with Gasteiger partial charge in [0, 0.05) is 17.3 Å². The van der Waals surface area contributed by atoms with Gasteiger partial charge < -0.3 is 10.3 Å². The average molecular weight is 281 g/mol. The van der Waals surface area contributed by atoms with Gasteiger partial charge in [-0.25, -0.2) is 9.67 Å². The van der Waals surface area contributed by atoms with Gasteiger partial charge in [0.2, 0.25) is 0 Å². The van der Waals surface area contributed by atoms with Crippen LogP contribution < -0.4 is 5.73 Å². The number of anilines is 1. The molecular formula is C16H19N5. The molecule has 2 heterocycles. The number of nitrogens with two attached hydrogens (primary N) is 1. The molecule has 0 spiro atoms. The number of benzene rings is 1. The molecule has 0 amide bonds. The maximum Gasteiger partial charge on any atom is 0.132 e. The monoisotopic (exact) mass is 281 g/mol. The second kappa shape index (κ2) is 4.77. The average Bonchev–Trinajstić information content (AvgIpc) is 3.05. The molecule has 0 radical (unpaired) electrons. The number of rotatable bonds is 2. The van der Waals surface area contributed by atoms with E-state index in [1.54, 1.807) is 12.5 Å². The fraction of sp³-hybridized carbons (Fsp3) is 0.250. The Morgan fingerprint density at radius 1 is 1.10 bits per heavy atom. The van der Waals surface area contributed by atoms with Crippen molar-refractivity contribution in [2.45, 2.75) is 26.3 Å². The smallest absolute Gasteiger partial charge is 0.132 e. The van der Waals surface area contributed by atoms with Crippen LogP contribution in [0.3, 0.4) is 0 Å². The summed E-state index contributed by atoms with van der Waals surface area (Å²) in [5.74, 6) is 0.662. The van der Waals surface area contributed by atoms with E-state index in [4.69, 9.17) is 5.73 Å². The van der Waals surface area contributed by atoms with Crippen molar-refractivity contribution in [3.63, 3.8) is 0 Å². The molecule has 3 rings (SSSR count). The van der Waals surface area contributed by atoms with Crippen molar-refractivity contribution in [3.05, 3.63) is 49.1 Å². The summed E-state index contributed by atoms with van der Waals surface area (Å²) in [6, 6.07) is 9.97. The van der Waals surface area contributed by atoms with Gasteiger partial charge in [-0.05, 0) is 32.9 Å². The van der Waals surface area contributed by atoms with Gasteiger partial charge in [-0.1, -0.05) is 18.2 Å². The Bertz CT molecular complexity index is 747. The minimum absolute atomic E-state index is 0.0925. The quantitative estimate of drug-likeness (QED) is 0.785. The van der Waals surface area contributed by atoms with Crippen molar-refractivity contribution in [1.82, 2.24) is 19.3 Å². The molecule has 0 atom stereocenters. The van der Waals surface area contributed by atoms with Crippen LogP contribution in [0.5, 0.6) is 0 Å². The summed E-state index contributed by atoms with van der Waals surface area (Å²) in [5, 5.41) is 4.39. The van der Waals surface area contributed by atoms with Gasteiger partial charge in [-0.15, -0.1) is 0 Å². The number of hydrogen-bond acceptors (Lipinski definition) is 3. The molecule has 21 heavy (non-hydrogen) atoms. The van der Waals surface area contributed by atoms with Gasteiger partial charge in [-0.3, -0.25) is 0 Å². The van der Waals surface area contributed by atoms with Gasteiger partial charge in [-0.2, -0.15) is 5.10 Å². The molecule has 2 aromatic heterocycles. The molecule has 0 bridgehead atoms. The number of hydrogen-bond donors (Lipinski definition) is 1. The number of para-hydroxylation sites is 1. The molecule has 0 fully saturated rings. The highest BCUT2D eigenvalue weighted by Crippen LogP contribution is 2.28. The molecule has 0 aliphatic heterocycles. The van der Waals surface area contributed by atoms with E-state index in [9.17, 15) is 0 Å². The Balaban J connectivity index is 2.00. The molecule has 0 aliphatic carbocycles. The van der Waals surface area contributed by atoms with E-state index in [0.29, 0.717) is 5.82 Å². The third-order valence-electron chi connectivity index (χ3n) is 3.40. The topological polar surface area (TPSA) is 61.7 Å². The molecule has 0 saturated heterocycles. The Morgan fingerprint density at radius 2 is 1.81 bits per heavy atom. The molecular weight excluding hydrogens is 262 g/mol. The van der Waals surface area contributed by atoms with Crippen molar-refractivity contribution in [3.8, 4) is 16.9 Å². The fourth-order valence-corrected chi connectivity index (χ4v) is 2.28. The zero-order valence-corrected chi connectivity index (χ0v) is 12.5. The lowest BCUT2D eigenvalue weighted by Crippen LogP contribution is -2.22. The minimum Gasteiger partial charge on any atom is -0.383 e. The lowest BCUT2D eigenvalue weighted by Gasteiger charge is -2.22. The molecule has 0 aliphatic rings. The Kier molecular flexibility index (Phi) is 3.05. The molecule has 3 aromatic rings. The summed E-state index contributed by atoms with van der Waals surface area (Å²) in [5.41, 5.74) is 8.84. The number of nitrogen functional groups attached to an aromatic ring is 1. The van der Waals surface area contributed by atoms with E-state index in [0.717, 1.165) is 16.9 Å². The van der Waals surface area contributed by atoms with Gasteiger partial charge >= 0.3 is 0 Å². The van der Waals surface area contributed by atoms with Crippen LogP contribution in [-0.4, -0.2) is 19.3 Å². The number of imidazole rings is 1. The van der Waals surface area contributed by atoms with Crippen molar-refractivity contribution in [2.24, 2.45) is 0 Å². The minimum atomic E-state index is -0.0925. The first kappa shape index (κ1) is 13.4. The van der Waals surface area contributed by atoms with Crippen LogP contribution in [0.15, 0.2) is 49.1 Å². The third-order valence-corrected chi connectivity index (χ3v) is 3.40. The Labute approximate surface area is 124 Å². The van der Waals surface area contributed by atoms with Crippen LogP contribution >= 0.6 is 0 Å². The summed E-state index contributed by atoms with van der Waals surface area (Å²) < 4.78 is 3.80. The summed E-state index contributed by atoms with van der Waals surface area (Å²) >= 11 is 0. The SMILES string of the molecule is CC(C)(C)n1cnc(-c2cnn(-c3ccccc3)c2)c1N. The maximum atomic E-state index is 6.23. The zero-order chi connectivity index (χ0) is 15.0. The summed E-state index contributed by atoms with van der Waals surface area (Å²) in [6.45, 7) is 6.30. The lowest BCUT2D eigenvalue weighted by molar-refractivity contribution is 0.402. The highest BCUT2D eigenvalue weighted by atomic mass is 15.3. The van der Waals surface area contributed by atoms with Crippen molar-refractivity contribution < 1.29 is 0 Å². The van der Waals surface area contributed by atoms with Crippen LogP contribution in [0.1, 0.15) is 20.8 Å². The van der Waals surface area contributed by atoms with E-state index in [1.807, 2.05) is 45.8 Å². The number of aromatic nitrogens is 4. The second-order valence-corrected chi connectivity index (χ2v) is 6.03. The summed E-state index contributed by atoms with van der Waals surface area (Å²) in [6.07, 6.45) is 5.52. The molecule has 2 N–H and O–H groups in total. The predicted molar refractivity (Wildman–Crippen MR) is 84.2 cm³/mol. The molecule has 0 unspecified atom stereocenters. The zero-order valence-electron chi connectivity index (χ0n) is 12.5. The normalized spacial score (nSPS) is 11.8. The third kappa shape index (κ3) is 2.42. The van der Waals surface area contributed by atoms with E-state index >= 15 is 0 Å². The largest absolute Gasteiger partial charge is 0.383 e. The summed E-state index contributed by atoms with van der Waals surface area (Å²) in [7, 11) is 0. The first-order valence-corrected chi connectivity index (χ1v) is 6.90. The summed E-state index contributed by atoms with van der Waals surface area (Å²) in [4.78, 5) is 4.44. The van der Waals surface area contributed by atoms with Crippen LogP contribution in [0, 0.1) is 0 Å². The molecule has 108 valence electrons. The van der Waals surface area contributed by atoms with E-state index in [1.165, 1.54) is 0 Å². The second-order valence-electron chi connectivity index (χ2n) is 6.03. The van der Waals surface area contributed by atoms with Crippen LogP contribution in [0.25, 0.3) is 16.9 Å². The van der Waals surface area contributed by atoms with E-state index < -0.39 is 0 Å². The van der Waals surface area contributed by atoms with E-state index in [-0.39, 0.29) is 5.54 Å². The van der Waals surface area contributed by atoms with Gasteiger partial charge in [0.1, 0.15) is 11.5 Å². The van der Waals surface area contributed by atoms with E-state index in [2.05, 4.69) is 30.9 Å². The van der Waals surface area contributed by atoms with Crippen molar-refractivity contribution in [2.75, 3.05) is 5.73 Å².